The number of rotatable bonds is 3. The van der Waals surface area contributed by atoms with Gasteiger partial charge in [0.25, 0.3) is 5.91 Å². The van der Waals surface area contributed by atoms with Gasteiger partial charge in [-0.2, -0.15) is 0 Å². The van der Waals surface area contributed by atoms with E-state index in [1.54, 1.807) is 48.5 Å². The topological polar surface area (TPSA) is 72.5 Å². The Balaban J connectivity index is 2.08. The molecule has 0 unspecified atom stereocenters. The molecule has 2 aromatic carbocycles. The highest BCUT2D eigenvalue weighted by Gasteiger charge is 2.40. The molecule has 0 fully saturated rings. The number of hydrogen-bond donors (Lipinski definition) is 1. The first-order chi connectivity index (χ1) is 10.6. The molecule has 112 valence electrons. The third-order valence-corrected chi connectivity index (χ3v) is 5.18. The monoisotopic (exact) mass is 315 g/mol. The summed E-state index contributed by atoms with van der Waals surface area (Å²) in [6, 6.07) is 15.1. The van der Waals surface area contributed by atoms with Crippen molar-refractivity contribution in [2.45, 2.75) is 4.90 Å². The second-order valence-corrected chi connectivity index (χ2v) is 6.54. The van der Waals surface area contributed by atoms with E-state index in [0.717, 1.165) is 0 Å². The van der Waals surface area contributed by atoms with Crippen molar-refractivity contribution in [1.82, 2.24) is 0 Å². The molecular formula is C16H13NO4S. The number of ether oxygens (including phenoxy) is 1. The Morgan fingerprint density at radius 2 is 1.64 bits per heavy atom. The minimum Gasteiger partial charge on any atom is -0.494 e. The fourth-order valence-corrected chi connectivity index (χ4v) is 4.04. The van der Waals surface area contributed by atoms with Crippen LogP contribution < -0.4 is 5.32 Å². The molecule has 3 rings (SSSR count). The van der Waals surface area contributed by atoms with E-state index in [0.29, 0.717) is 11.3 Å². The van der Waals surface area contributed by atoms with E-state index in [2.05, 4.69) is 5.32 Å². The van der Waals surface area contributed by atoms with Crippen molar-refractivity contribution in [1.29, 1.82) is 0 Å². The van der Waals surface area contributed by atoms with Crippen molar-refractivity contribution < 1.29 is 17.9 Å². The second-order valence-electron chi connectivity index (χ2n) is 4.68. The van der Waals surface area contributed by atoms with Gasteiger partial charge >= 0.3 is 0 Å². The average Bonchev–Trinajstić information content (AvgIpc) is 2.76. The van der Waals surface area contributed by atoms with Gasteiger partial charge in [0.2, 0.25) is 9.84 Å². The van der Waals surface area contributed by atoms with E-state index >= 15 is 0 Å². The fourth-order valence-electron chi connectivity index (χ4n) is 2.38. The van der Waals surface area contributed by atoms with Gasteiger partial charge in [-0.25, -0.2) is 8.42 Å². The summed E-state index contributed by atoms with van der Waals surface area (Å²) in [5.41, 5.74) is 0.921. The van der Waals surface area contributed by atoms with Crippen LogP contribution in [-0.4, -0.2) is 21.4 Å². The summed E-state index contributed by atoms with van der Waals surface area (Å²) in [5.74, 6) is -0.636. The van der Waals surface area contributed by atoms with Crippen LogP contribution in [0.25, 0.3) is 5.76 Å². The van der Waals surface area contributed by atoms with Gasteiger partial charge in [0.05, 0.1) is 12.0 Å². The second kappa shape index (κ2) is 5.31. The summed E-state index contributed by atoms with van der Waals surface area (Å²) < 4.78 is 30.4. The van der Waals surface area contributed by atoms with Crippen molar-refractivity contribution in [3.8, 4) is 0 Å². The molecule has 1 aliphatic heterocycles. The lowest BCUT2D eigenvalue weighted by molar-refractivity contribution is -0.112. The molecular weight excluding hydrogens is 302 g/mol. The number of benzene rings is 2. The number of para-hydroxylation sites is 1. The van der Waals surface area contributed by atoms with Gasteiger partial charge in [-0.1, -0.05) is 30.3 Å². The highest BCUT2D eigenvalue weighted by Crippen LogP contribution is 2.39. The van der Waals surface area contributed by atoms with Crippen LogP contribution in [0, 0.1) is 0 Å². The number of anilines is 1. The average molecular weight is 315 g/mol. The van der Waals surface area contributed by atoms with Crippen LogP contribution in [0.2, 0.25) is 0 Å². The molecule has 0 atom stereocenters. The maximum Gasteiger partial charge on any atom is 0.271 e. The Labute approximate surface area is 128 Å². The minimum atomic E-state index is -3.88. The van der Waals surface area contributed by atoms with E-state index in [9.17, 15) is 13.2 Å². The fraction of sp³-hybridized carbons (Fsp3) is 0.0625. The van der Waals surface area contributed by atoms with E-state index in [4.69, 9.17) is 4.74 Å². The van der Waals surface area contributed by atoms with Crippen molar-refractivity contribution in [2.24, 2.45) is 0 Å². The van der Waals surface area contributed by atoms with Gasteiger partial charge < -0.3 is 10.1 Å². The minimum absolute atomic E-state index is 0.0732. The largest absolute Gasteiger partial charge is 0.494 e. The lowest BCUT2D eigenvalue weighted by Crippen LogP contribution is -2.19. The number of hydrogen-bond acceptors (Lipinski definition) is 4. The van der Waals surface area contributed by atoms with Gasteiger partial charge in [-0.05, 0) is 24.3 Å². The molecule has 2 aromatic rings. The molecule has 0 spiro atoms. The quantitative estimate of drug-likeness (QED) is 0.944. The molecule has 1 N–H and O–H groups in total. The Morgan fingerprint density at radius 1 is 1.00 bits per heavy atom. The molecule has 0 aromatic heterocycles. The first-order valence-electron chi connectivity index (χ1n) is 6.55. The maximum absolute atomic E-state index is 12.6. The van der Waals surface area contributed by atoms with Crippen LogP contribution in [0.4, 0.5) is 5.69 Å². The molecule has 1 heterocycles. The van der Waals surface area contributed by atoms with Crippen molar-refractivity contribution in [3.63, 3.8) is 0 Å². The number of fused-ring (bicyclic) bond motifs is 1. The van der Waals surface area contributed by atoms with Gasteiger partial charge in [-0.15, -0.1) is 0 Å². The van der Waals surface area contributed by atoms with Crippen LogP contribution in [-0.2, 0) is 19.4 Å². The lowest BCUT2D eigenvalue weighted by atomic mass is 10.2. The molecule has 1 amide bonds. The van der Waals surface area contributed by atoms with Crippen LogP contribution in [0.15, 0.2) is 64.4 Å². The first kappa shape index (κ1) is 14.3. The predicted octanol–water partition coefficient (Wildman–Crippen LogP) is 2.43. The summed E-state index contributed by atoms with van der Waals surface area (Å²) in [5, 5.41) is 2.58. The molecule has 1 aliphatic rings. The maximum atomic E-state index is 12.6. The van der Waals surface area contributed by atoms with E-state index in [-0.39, 0.29) is 15.6 Å². The SMILES string of the molecule is COC1=C(C(=O)Nc2ccccc2)S(=O)(=O)c2ccccc21. The molecule has 0 saturated heterocycles. The number of carbonyl (C=O) groups excluding carboxylic acids is 1. The van der Waals surface area contributed by atoms with Crippen LogP contribution >= 0.6 is 0 Å². The van der Waals surface area contributed by atoms with Gasteiger partial charge in [0.1, 0.15) is 0 Å². The van der Waals surface area contributed by atoms with E-state index in [1.165, 1.54) is 13.2 Å². The van der Waals surface area contributed by atoms with Gasteiger partial charge in [-0.3, -0.25) is 4.79 Å². The molecule has 0 aliphatic carbocycles. The van der Waals surface area contributed by atoms with Crippen molar-refractivity contribution >= 4 is 27.2 Å². The summed E-state index contributed by atoms with van der Waals surface area (Å²) >= 11 is 0. The number of methoxy groups -OCH3 is 1. The Bertz CT molecular complexity index is 870. The van der Waals surface area contributed by atoms with E-state index in [1.807, 2.05) is 0 Å². The smallest absolute Gasteiger partial charge is 0.271 e. The van der Waals surface area contributed by atoms with Crippen LogP contribution in [0.3, 0.4) is 0 Å². The Morgan fingerprint density at radius 3 is 2.32 bits per heavy atom. The van der Waals surface area contributed by atoms with Crippen LogP contribution in [0.5, 0.6) is 0 Å². The summed E-state index contributed by atoms with van der Waals surface area (Å²) in [6.07, 6.45) is 0. The molecule has 0 saturated carbocycles. The Kier molecular flexibility index (Phi) is 3.46. The Hall–Kier alpha value is -2.60. The molecule has 22 heavy (non-hydrogen) atoms. The van der Waals surface area contributed by atoms with Crippen LogP contribution in [0.1, 0.15) is 5.56 Å². The zero-order valence-corrected chi connectivity index (χ0v) is 12.6. The normalized spacial score (nSPS) is 15.3. The van der Waals surface area contributed by atoms with Crippen molar-refractivity contribution in [3.05, 3.63) is 65.1 Å². The zero-order valence-electron chi connectivity index (χ0n) is 11.7. The summed E-state index contributed by atoms with van der Waals surface area (Å²) in [4.78, 5) is 12.2. The van der Waals surface area contributed by atoms with Crippen molar-refractivity contribution in [2.75, 3.05) is 12.4 Å². The summed E-state index contributed by atoms with van der Waals surface area (Å²) in [7, 11) is -2.53. The lowest BCUT2D eigenvalue weighted by Gasteiger charge is -2.07. The first-order valence-corrected chi connectivity index (χ1v) is 8.03. The number of amides is 1. The highest BCUT2D eigenvalue weighted by molar-refractivity contribution is 7.97. The standard InChI is InChI=1S/C16H13NO4S/c1-21-14-12-9-5-6-10-13(12)22(19,20)15(14)16(18)17-11-7-3-2-4-8-11/h2-10H,1H3,(H,17,18). The number of nitrogens with one attached hydrogen (secondary N) is 1. The van der Waals surface area contributed by atoms with Gasteiger partial charge in [0.15, 0.2) is 10.7 Å². The molecule has 5 nitrogen and oxygen atoms in total. The number of carbonyl (C=O) groups is 1. The predicted molar refractivity (Wildman–Crippen MR) is 82.6 cm³/mol. The third-order valence-electron chi connectivity index (χ3n) is 3.34. The highest BCUT2D eigenvalue weighted by atomic mass is 32.2. The molecule has 0 bridgehead atoms. The third kappa shape index (κ3) is 2.17. The zero-order chi connectivity index (χ0) is 15.7. The van der Waals surface area contributed by atoms with E-state index < -0.39 is 15.7 Å². The molecule has 0 radical (unpaired) electrons. The number of sulfone groups is 1. The molecule has 6 heteroatoms. The van der Waals surface area contributed by atoms with Gasteiger partial charge in [0, 0.05) is 11.3 Å². The summed E-state index contributed by atoms with van der Waals surface area (Å²) in [6.45, 7) is 0.